The van der Waals surface area contributed by atoms with E-state index < -0.39 is 21.7 Å². The lowest BCUT2D eigenvalue weighted by atomic mass is 10.2. The van der Waals surface area contributed by atoms with Gasteiger partial charge in [0, 0.05) is 18.7 Å². The van der Waals surface area contributed by atoms with Crippen LogP contribution in [0.3, 0.4) is 0 Å². The fraction of sp³-hybridized carbons (Fsp3) is 0.130. The molecule has 0 unspecified atom stereocenters. The van der Waals surface area contributed by atoms with Crippen molar-refractivity contribution in [1.82, 2.24) is 8.87 Å². The van der Waals surface area contributed by atoms with Gasteiger partial charge < -0.3 is 4.57 Å². The number of sulfonamides is 1. The monoisotopic (exact) mass is 469 g/mol. The van der Waals surface area contributed by atoms with Gasteiger partial charge in [-0.25, -0.2) is 12.8 Å². The van der Waals surface area contributed by atoms with E-state index in [2.05, 4.69) is 24.1 Å². The summed E-state index contributed by atoms with van der Waals surface area (Å²) in [6, 6.07) is 9.76. The Kier molecular flexibility index (Phi) is 7.20. The van der Waals surface area contributed by atoms with E-state index in [1.165, 1.54) is 52.9 Å². The van der Waals surface area contributed by atoms with Crippen LogP contribution in [0.4, 0.5) is 4.39 Å². The highest BCUT2D eigenvalue weighted by Gasteiger charge is 2.22. The number of amides is 1. The van der Waals surface area contributed by atoms with E-state index in [9.17, 15) is 17.6 Å². The SMILES string of the molecule is C#CCn1c(=NC(=O)c2ccc(S(=O)(=O)N(CC=C)CC=C)cc2)sc2cc(F)ccc21. The number of carbonyl (C=O) groups is 1. The standard InChI is InChI=1S/C23H20FN3O3S2/c1-4-13-26(14-5-2)32(29,30)19-10-7-17(8-11-19)22(28)25-23-27(15-6-3)20-12-9-18(24)16-21(20)31-23/h3-5,7-12,16H,1-2,13-15H2. The van der Waals surface area contributed by atoms with Gasteiger partial charge >= 0.3 is 0 Å². The van der Waals surface area contributed by atoms with E-state index in [0.29, 0.717) is 15.0 Å². The first kappa shape index (κ1) is 23.3. The number of halogens is 1. The van der Waals surface area contributed by atoms with Gasteiger partial charge in [-0.2, -0.15) is 9.30 Å². The first-order chi connectivity index (χ1) is 15.3. The second kappa shape index (κ2) is 9.87. The molecule has 0 atom stereocenters. The summed E-state index contributed by atoms with van der Waals surface area (Å²) >= 11 is 1.14. The van der Waals surface area contributed by atoms with Crippen LogP contribution in [0.15, 0.2) is 77.7 Å². The van der Waals surface area contributed by atoms with Gasteiger partial charge in [0.05, 0.1) is 21.7 Å². The van der Waals surface area contributed by atoms with Gasteiger partial charge in [0.1, 0.15) is 5.82 Å². The van der Waals surface area contributed by atoms with E-state index in [1.54, 1.807) is 10.6 Å². The van der Waals surface area contributed by atoms with Gasteiger partial charge in [0.2, 0.25) is 10.0 Å². The molecule has 6 nitrogen and oxygen atoms in total. The molecule has 32 heavy (non-hydrogen) atoms. The van der Waals surface area contributed by atoms with Gasteiger partial charge in [-0.15, -0.1) is 19.6 Å². The van der Waals surface area contributed by atoms with Crippen molar-refractivity contribution in [3.63, 3.8) is 0 Å². The molecule has 9 heteroatoms. The minimum atomic E-state index is -3.77. The molecular formula is C23H20FN3O3S2. The van der Waals surface area contributed by atoms with Gasteiger partial charge in [0.15, 0.2) is 4.80 Å². The maximum absolute atomic E-state index is 13.6. The zero-order valence-electron chi connectivity index (χ0n) is 17.1. The second-order valence-corrected chi connectivity index (χ2v) is 9.57. The van der Waals surface area contributed by atoms with Crippen LogP contribution in [-0.4, -0.2) is 36.3 Å². The Balaban J connectivity index is 1.97. The maximum Gasteiger partial charge on any atom is 0.279 e. The second-order valence-electron chi connectivity index (χ2n) is 6.63. The number of rotatable bonds is 8. The Bertz CT molecular complexity index is 1380. The minimum absolute atomic E-state index is 0.0393. The summed E-state index contributed by atoms with van der Waals surface area (Å²) in [4.78, 5) is 17.2. The summed E-state index contributed by atoms with van der Waals surface area (Å²) in [5.74, 6) is 1.54. The number of hydrogen-bond acceptors (Lipinski definition) is 4. The number of hydrogen-bond donors (Lipinski definition) is 0. The molecule has 0 aliphatic heterocycles. The Morgan fingerprint density at radius 2 is 1.84 bits per heavy atom. The fourth-order valence-electron chi connectivity index (χ4n) is 3.01. The highest BCUT2D eigenvalue weighted by Crippen LogP contribution is 2.20. The molecule has 2 aromatic carbocycles. The van der Waals surface area contributed by atoms with Crippen LogP contribution in [-0.2, 0) is 16.6 Å². The number of nitrogens with zero attached hydrogens (tertiary/aromatic N) is 3. The summed E-state index contributed by atoms with van der Waals surface area (Å²) in [7, 11) is -3.77. The summed E-state index contributed by atoms with van der Waals surface area (Å²) in [5, 5.41) is 0. The van der Waals surface area contributed by atoms with E-state index in [-0.39, 0.29) is 30.1 Å². The van der Waals surface area contributed by atoms with Crippen LogP contribution >= 0.6 is 11.3 Å². The number of fused-ring (bicyclic) bond motifs is 1. The first-order valence-corrected chi connectivity index (χ1v) is 11.7. The maximum atomic E-state index is 13.6. The quantitative estimate of drug-likeness (QED) is 0.374. The molecular weight excluding hydrogens is 449 g/mol. The fourth-order valence-corrected chi connectivity index (χ4v) is 5.44. The van der Waals surface area contributed by atoms with Crippen molar-refractivity contribution in [1.29, 1.82) is 0 Å². The molecule has 164 valence electrons. The predicted octanol–water partition coefficient (Wildman–Crippen LogP) is 3.58. The molecule has 1 heterocycles. The van der Waals surface area contributed by atoms with Crippen LogP contribution in [0.1, 0.15) is 10.4 Å². The van der Waals surface area contributed by atoms with Gasteiger partial charge in [-0.3, -0.25) is 4.79 Å². The lowest BCUT2D eigenvalue weighted by Gasteiger charge is -2.19. The third-order valence-electron chi connectivity index (χ3n) is 4.50. The molecule has 0 saturated carbocycles. The average Bonchev–Trinajstić information content (AvgIpc) is 3.09. The predicted molar refractivity (Wildman–Crippen MR) is 124 cm³/mol. The zero-order chi connectivity index (χ0) is 23.3. The molecule has 3 rings (SSSR count). The van der Waals surface area contributed by atoms with Crippen LogP contribution in [0.5, 0.6) is 0 Å². The van der Waals surface area contributed by atoms with E-state index in [1.807, 2.05) is 0 Å². The molecule has 0 N–H and O–H groups in total. The molecule has 0 fully saturated rings. The summed E-state index contributed by atoms with van der Waals surface area (Å²) in [5.41, 5.74) is 0.880. The van der Waals surface area contributed by atoms with Crippen molar-refractivity contribution in [3.8, 4) is 12.3 Å². The molecule has 0 aliphatic carbocycles. The molecule has 0 bridgehead atoms. The van der Waals surface area contributed by atoms with Crippen molar-refractivity contribution < 1.29 is 17.6 Å². The van der Waals surface area contributed by atoms with E-state index in [0.717, 1.165) is 11.3 Å². The Morgan fingerprint density at radius 1 is 1.19 bits per heavy atom. The average molecular weight is 470 g/mol. The van der Waals surface area contributed by atoms with Crippen molar-refractivity contribution in [2.24, 2.45) is 4.99 Å². The molecule has 0 aliphatic rings. The Morgan fingerprint density at radius 3 is 2.44 bits per heavy atom. The summed E-state index contributed by atoms with van der Waals surface area (Å²) < 4.78 is 42.6. The van der Waals surface area contributed by atoms with Gasteiger partial charge in [-0.05, 0) is 42.5 Å². The first-order valence-electron chi connectivity index (χ1n) is 9.45. The number of terminal acetylenes is 1. The van der Waals surface area contributed by atoms with Crippen LogP contribution in [0.2, 0.25) is 0 Å². The lowest BCUT2D eigenvalue weighted by molar-refractivity contribution is 0.0998. The molecule has 0 spiro atoms. The van der Waals surface area contributed by atoms with Crippen LogP contribution in [0.25, 0.3) is 10.2 Å². The number of carbonyl (C=O) groups excluding carboxylic acids is 1. The van der Waals surface area contributed by atoms with Crippen molar-refractivity contribution in [3.05, 3.63) is 84.0 Å². The largest absolute Gasteiger partial charge is 0.305 e. The minimum Gasteiger partial charge on any atom is -0.305 e. The lowest BCUT2D eigenvalue weighted by Crippen LogP contribution is -2.31. The van der Waals surface area contributed by atoms with Gasteiger partial charge in [-0.1, -0.05) is 29.4 Å². The van der Waals surface area contributed by atoms with Crippen LogP contribution < -0.4 is 4.80 Å². The third kappa shape index (κ3) is 4.78. The van der Waals surface area contributed by atoms with Crippen molar-refractivity contribution in [2.75, 3.05) is 13.1 Å². The van der Waals surface area contributed by atoms with Gasteiger partial charge in [0.25, 0.3) is 5.91 Å². The highest BCUT2D eigenvalue weighted by atomic mass is 32.2. The topological polar surface area (TPSA) is 71.7 Å². The summed E-state index contributed by atoms with van der Waals surface area (Å²) in [6.45, 7) is 7.58. The van der Waals surface area contributed by atoms with E-state index in [4.69, 9.17) is 6.42 Å². The molecule has 0 radical (unpaired) electrons. The molecule has 3 aromatic rings. The molecule has 1 aromatic heterocycles. The highest BCUT2D eigenvalue weighted by molar-refractivity contribution is 7.89. The number of aromatic nitrogens is 1. The molecule has 1 amide bonds. The molecule has 0 saturated heterocycles. The Hall–Kier alpha value is -3.32. The van der Waals surface area contributed by atoms with E-state index >= 15 is 0 Å². The smallest absolute Gasteiger partial charge is 0.279 e. The zero-order valence-corrected chi connectivity index (χ0v) is 18.7. The van der Waals surface area contributed by atoms with Crippen molar-refractivity contribution >= 4 is 37.5 Å². The normalized spacial score (nSPS) is 12.1. The van der Waals surface area contributed by atoms with Crippen molar-refractivity contribution in [2.45, 2.75) is 11.4 Å². The Labute approximate surface area is 189 Å². The number of thiazole rings is 1. The summed E-state index contributed by atoms with van der Waals surface area (Å²) in [6.07, 6.45) is 8.41. The number of benzene rings is 2. The third-order valence-corrected chi connectivity index (χ3v) is 7.38. The van der Waals surface area contributed by atoms with Crippen LogP contribution in [0, 0.1) is 18.2 Å².